The van der Waals surface area contributed by atoms with E-state index in [-0.39, 0.29) is 11.7 Å². The van der Waals surface area contributed by atoms with Crippen LogP contribution in [0.3, 0.4) is 0 Å². The Balaban J connectivity index is 1.87. The van der Waals surface area contributed by atoms with E-state index >= 15 is 0 Å². The number of likely N-dealkylation sites (N-methyl/N-ethyl adjacent to an activating group) is 1. The van der Waals surface area contributed by atoms with Gasteiger partial charge in [-0.1, -0.05) is 13.0 Å². The highest BCUT2D eigenvalue weighted by Gasteiger charge is 2.24. The van der Waals surface area contributed by atoms with Crippen molar-refractivity contribution in [1.82, 2.24) is 10.2 Å². The lowest BCUT2D eigenvalue weighted by molar-refractivity contribution is -0.118. The first-order valence-electron chi connectivity index (χ1n) is 6.19. The van der Waals surface area contributed by atoms with E-state index in [2.05, 4.69) is 15.5 Å². The summed E-state index contributed by atoms with van der Waals surface area (Å²) in [5, 5.41) is 5.89. The monoisotopic (exact) mass is 251 g/mol. The lowest BCUT2D eigenvalue weighted by Gasteiger charge is -2.37. The predicted octanol–water partition coefficient (Wildman–Crippen LogP) is 1.06. The molecule has 0 saturated carbocycles. The minimum absolute atomic E-state index is 0.102. The van der Waals surface area contributed by atoms with E-state index in [4.69, 9.17) is 0 Å². The largest absolute Gasteiger partial charge is 0.325 e. The molecule has 1 heterocycles. The number of amides is 1. The fourth-order valence-corrected chi connectivity index (χ4v) is 1.98. The zero-order chi connectivity index (χ0) is 13.0. The van der Waals surface area contributed by atoms with Crippen LogP contribution < -0.4 is 10.6 Å². The summed E-state index contributed by atoms with van der Waals surface area (Å²) in [6.45, 7) is 5.08. The van der Waals surface area contributed by atoms with Crippen LogP contribution in [0.25, 0.3) is 0 Å². The fourth-order valence-electron chi connectivity index (χ4n) is 1.98. The summed E-state index contributed by atoms with van der Waals surface area (Å²) >= 11 is 0. The maximum atomic E-state index is 13.0. The highest BCUT2D eigenvalue weighted by Crippen LogP contribution is 2.10. The van der Waals surface area contributed by atoms with Gasteiger partial charge in [-0.05, 0) is 24.7 Å². The summed E-state index contributed by atoms with van der Waals surface area (Å²) < 4.78 is 13.0. The van der Waals surface area contributed by atoms with Crippen molar-refractivity contribution >= 4 is 11.6 Å². The summed E-state index contributed by atoms with van der Waals surface area (Å²) in [5.41, 5.74) is 0.503. The third kappa shape index (κ3) is 3.27. The van der Waals surface area contributed by atoms with Crippen LogP contribution in [-0.4, -0.2) is 43.0 Å². The van der Waals surface area contributed by atoms with Crippen LogP contribution in [0, 0.1) is 5.82 Å². The molecule has 4 nitrogen and oxygen atoms in total. The number of halogens is 1. The Hall–Kier alpha value is -1.46. The number of nitrogens with one attached hydrogen (secondary N) is 2. The van der Waals surface area contributed by atoms with Gasteiger partial charge < -0.3 is 10.6 Å². The summed E-state index contributed by atoms with van der Waals surface area (Å²) in [7, 11) is 0. The number of rotatable bonds is 5. The van der Waals surface area contributed by atoms with Gasteiger partial charge in [0.25, 0.3) is 0 Å². The third-order valence-electron chi connectivity index (χ3n) is 3.14. The quantitative estimate of drug-likeness (QED) is 0.822. The number of anilines is 1. The molecule has 1 aromatic carbocycles. The second-order valence-corrected chi connectivity index (χ2v) is 4.43. The standard InChI is InChI=1S/C13H18FN3O/c1-2-17(12-7-15-8-12)9-13(18)16-11-5-3-4-10(14)6-11/h3-6,12,15H,2,7-9H2,1H3,(H,16,18). The molecule has 1 aliphatic heterocycles. The fraction of sp³-hybridized carbons (Fsp3) is 0.462. The van der Waals surface area contributed by atoms with E-state index in [9.17, 15) is 9.18 Å². The van der Waals surface area contributed by atoms with Gasteiger partial charge in [0.05, 0.1) is 6.54 Å². The zero-order valence-electron chi connectivity index (χ0n) is 10.4. The number of hydrogen-bond donors (Lipinski definition) is 2. The van der Waals surface area contributed by atoms with Crippen molar-refractivity contribution < 1.29 is 9.18 Å². The Kier molecular flexibility index (Phi) is 4.28. The van der Waals surface area contributed by atoms with Crippen LogP contribution in [0.4, 0.5) is 10.1 Å². The first kappa shape index (κ1) is 13.0. The van der Waals surface area contributed by atoms with Crippen molar-refractivity contribution in [1.29, 1.82) is 0 Å². The molecule has 98 valence electrons. The smallest absolute Gasteiger partial charge is 0.238 e. The van der Waals surface area contributed by atoms with Crippen LogP contribution in [0.5, 0.6) is 0 Å². The van der Waals surface area contributed by atoms with Gasteiger partial charge in [-0.25, -0.2) is 4.39 Å². The van der Waals surface area contributed by atoms with Crippen LogP contribution in [0.1, 0.15) is 6.92 Å². The highest BCUT2D eigenvalue weighted by molar-refractivity contribution is 5.92. The van der Waals surface area contributed by atoms with Crippen molar-refractivity contribution in [3.8, 4) is 0 Å². The van der Waals surface area contributed by atoms with E-state index in [1.54, 1.807) is 12.1 Å². The molecule has 0 bridgehead atoms. The average molecular weight is 251 g/mol. The maximum Gasteiger partial charge on any atom is 0.238 e. The number of carbonyl (C=O) groups is 1. The second kappa shape index (κ2) is 5.93. The van der Waals surface area contributed by atoms with Crippen molar-refractivity contribution in [2.45, 2.75) is 13.0 Å². The molecule has 0 atom stereocenters. The van der Waals surface area contributed by atoms with Gasteiger partial charge in [-0.15, -0.1) is 0 Å². The molecule has 1 aliphatic rings. The molecule has 18 heavy (non-hydrogen) atoms. The molecule has 1 aromatic rings. The van der Waals surface area contributed by atoms with Gasteiger partial charge in [0.1, 0.15) is 5.82 Å². The summed E-state index contributed by atoms with van der Waals surface area (Å²) in [4.78, 5) is 14.0. The molecule has 0 radical (unpaired) electrons. The van der Waals surface area contributed by atoms with E-state index in [1.807, 2.05) is 6.92 Å². The summed E-state index contributed by atoms with van der Waals surface area (Å²) in [6, 6.07) is 6.38. The molecule has 0 unspecified atom stereocenters. The van der Waals surface area contributed by atoms with Crippen LogP contribution in [0.2, 0.25) is 0 Å². The topological polar surface area (TPSA) is 44.4 Å². The molecule has 0 aliphatic carbocycles. The van der Waals surface area contributed by atoms with Gasteiger partial charge >= 0.3 is 0 Å². The van der Waals surface area contributed by atoms with Gasteiger partial charge in [-0.2, -0.15) is 0 Å². The molecular weight excluding hydrogens is 233 g/mol. The average Bonchev–Trinajstić information content (AvgIpc) is 2.25. The minimum Gasteiger partial charge on any atom is -0.325 e. The van der Waals surface area contributed by atoms with E-state index in [0.29, 0.717) is 18.3 Å². The summed E-state index contributed by atoms with van der Waals surface area (Å²) in [5.74, 6) is -0.447. The van der Waals surface area contributed by atoms with E-state index in [0.717, 1.165) is 19.6 Å². The molecule has 1 saturated heterocycles. The van der Waals surface area contributed by atoms with Gasteiger partial charge in [0.15, 0.2) is 0 Å². The Labute approximate surface area is 106 Å². The van der Waals surface area contributed by atoms with Crippen molar-refractivity contribution in [3.05, 3.63) is 30.1 Å². The first-order chi connectivity index (χ1) is 8.69. The molecule has 0 spiro atoms. The molecule has 1 fully saturated rings. The Morgan fingerprint density at radius 2 is 2.33 bits per heavy atom. The van der Waals surface area contributed by atoms with Crippen LogP contribution in [0.15, 0.2) is 24.3 Å². The van der Waals surface area contributed by atoms with E-state index < -0.39 is 0 Å². The molecular formula is C13H18FN3O. The molecule has 2 rings (SSSR count). The maximum absolute atomic E-state index is 13.0. The number of nitrogens with zero attached hydrogens (tertiary/aromatic N) is 1. The normalized spacial score (nSPS) is 15.5. The Bertz CT molecular complexity index is 420. The summed E-state index contributed by atoms with van der Waals surface area (Å²) in [6.07, 6.45) is 0. The Morgan fingerprint density at radius 1 is 1.56 bits per heavy atom. The SMILES string of the molecule is CCN(CC(=O)Nc1cccc(F)c1)C1CNC1. The predicted molar refractivity (Wildman–Crippen MR) is 68.9 cm³/mol. The van der Waals surface area contributed by atoms with Gasteiger partial charge in [0, 0.05) is 24.8 Å². The number of carbonyl (C=O) groups excluding carboxylic acids is 1. The third-order valence-corrected chi connectivity index (χ3v) is 3.14. The molecule has 1 amide bonds. The zero-order valence-corrected chi connectivity index (χ0v) is 10.4. The van der Waals surface area contributed by atoms with Crippen molar-refractivity contribution in [3.63, 3.8) is 0 Å². The lowest BCUT2D eigenvalue weighted by Crippen LogP contribution is -2.58. The van der Waals surface area contributed by atoms with Gasteiger partial charge in [-0.3, -0.25) is 9.69 Å². The molecule has 5 heteroatoms. The van der Waals surface area contributed by atoms with Crippen LogP contribution in [-0.2, 0) is 4.79 Å². The van der Waals surface area contributed by atoms with Crippen molar-refractivity contribution in [2.75, 3.05) is 31.5 Å². The second-order valence-electron chi connectivity index (χ2n) is 4.43. The Morgan fingerprint density at radius 3 is 2.89 bits per heavy atom. The molecule has 0 aromatic heterocycles. The number of hydrogen-bond acceptors (Lipinski definition) is 3. The molecule has 2 N–H and O–H groups in total. The van der Waals surface area contributed by atoms with Gasteiger partial charge in [0.2, 0.25) is 5.91 Å². The first-order valence-corrected chi connectivity index (χ1v) is 6.19. The van der Waals surface area contributed by atoms with Crippen LogP contribution >= 0.6 is 0 Å². The highest BCUT2D eigenvalue weighted by atomic mass is 19.1. The van der Waals surface area contributed by atoms with E-state index in [1.165, 1.54) is 12.1 Å². The lowest BCUT2D eigenvalue weighted by atomic mass is 10.1. The van der Waals surface area contributed by atoms with Crippen molar-refractivity contribution in [2.24, 2.45) is 0 Å². The minimum atomic E-state index is -0.344. The number of benzene rings is 1.